The van der Waals surface area contributed by atoms with Crippen molar-refractivity contribution in [3.8, 4) is 11.5 Å². The molecule has 2 heterocycles. The molecule has 1 aromatic carbocycles. The van der Waals surface area contributed by atoms with Crippen LogP contribution in [0.4, 0.5) is 0 Å². The van der Waals surface area contributed by atoms with Crippen molar-refractivity contribution in [3.05, 3.63) is 41.8 Å². The average Bonchev–Trinajstić information content (AvgIpc) is 3.02. The maximum atomic E-state index is 12.3. The van der Waals surface area contributed by atoms with Gasteiger partial charge < -0.3 is 20.0 Å². The van der Waals surface area contributed by atoms with Gasteiger partial charge in [-0.25, -0.2) is 4.98 Å². The molecule has 24 heavy (non-hydrogen) atoms. The lowest BCUT2D eigenvalue weighted by Gasteiger charge is -2.26. The number of aromatic nitrogens is 1. The number of piperazine rings is 1. The van der Waals surface area contributed by atoms with Gasteiger partial charge in [0.15, 0.2) is 0 Å². The number of hydrogen-bond acceptors (Lipinski definition) is 5. The molecule has 2 N–H and O–H groups in total. The minimum Gasteiger partial charge on any atom is -0.431 e. The fraction of sp³-hybridized carbons (Fsp3) is 0.444. The van der Waals surface area contributed by atoms with Gasteiger partial charge in [-0.2, -0.15) is 0 Å². The SMILES string of the molecule is Cc1nc(-c2ccccc2)oc1C(=O)NCCCN1CCNCC1. The molecule has 0 bridgehead atoms. The number of carbonyl (C=O) groups excluding carboxylic acids is 1. The van der Waals surface area contributed by atoms with Gasteiger partial charge in [-0.1, -0.05) is 18.2 Å². The Balaban J connectivity index is 1.51. The Kier molecular flexibility index (Phi) is 5.61. The second-order valence-corrected chi connectivity index (χ2v) is 6.00. The van der Waals surface area contributed by atoms with Crippen molar-refractivity contribution in [1.29, 1.82) is 0 Å². The molecule has 1 aliphatic heterocycles. The first kappa shape index (κ1) is 16.7. The number of rotatable bonds is 6. The van der Waals surface area contributed by atoms with Crippen molar-refractivity contribution >= 4 is 5.91 Å². The number of oxazole rings is 1. The summed E-state index contributed by atoms with van der Waals surface area (Å²) in [5.41, 5.74) is 1.49. The van der Waals surface area contributed by atoms with Crippen LogP contribution in [0.1, 0.15) is 22.7 Å². The van der Waals surface area contributed by atoms with Crippen LogP contribution in [0.3, 0.4) is 0 Å². The molecule has 1 fully saturated rings. The maximum absolute atomic E-state index is 12.3. The lowest BCUT2D eigenvalue weighted by molar-refractivity contribution is 0.0923. The molecule has 6 nitrogen and oxygen atoms in total. The molecule has 0 unspecified atom stereocenters. The van der Waals surface area contributed by atoms with Gasteiger partial charge in [0.2, 0.25) is 11.7 Å². The molecule has 0 saturated carbocycles. The summed E-state index contributed by atoms with van der Waals surface area (Å²) in [7, 11) is 0. The van der Waals surface area contributed by atoms with Crippen LogP contribution in [0.15, 0.2) is 34.7 Å². The Morgan fingerprint density at radius 1 is 1.29 bits per heavy atom. The molecule has 0 radical (unpaired) electrons. The number of benzene rings is 1. The summed E-state index contributed by atoms with van der Waals surface area (Å²) in [6.45, 7) is 7.70. The van der Waals surface area contributed by atoms with Crippen LogP contribution in [-0.4, -0.2) is 55.1 Å². The number of nitrogens with zero attached hydrogens (tertiary/aromatic N) is 2. The number of aryl methyl sites for hydroxylation is 1. The first-order valence-electron chi connectivity index (χ1n) is 8.48. The van der Waals surface area contributed by atoms with Gasteiger partial charge in [0.1, 0.15) is 0 Å². The van der Waals surface area contributed by atoms with E-state index in [-0.39, 0.29) is 5.91 Å². The Labute approximate surface area is 142 Å². The van der Waals surface area contributed by atoms with E-state index in [4.69, 9.17) is 4.42 Å². The van der Waals surface area contributed by atoms with Crippen molar-refractivity contribution in [2.45, 2.75) is 13.3 Å². The molecule has 0 aliphatic carbocycles. The second kappa shape index (κ2) is 8.08. The van der Waals surface area contributed by atoms with E-state index in [1.807, 2.05) is 30.3 Å². The summed E-state index contributed by atoms with van der Waals surface area (Å²) < 4.78 is 5.67. The first-order chi connectivity index (χ1) is 11.7. The number of amides is 1. The van der Waals surface area contributed by atoms with Gasteiger partial charge in [0.25, 0.3) is 5.91 Å². The van der Waals surface area contributed by atoms with Crippen LogP contribution in [0.25, 0.3) is 11.5 Å². The Bertz CT molecular complexity index is 663. The van der Waals surface area contributed by atoms with E-state index in [1.165, 1.54) is 0 Å². The van der Waals surface area contributed by atoms with Crippen LogP contribution < -0.4 is 10.6 Å². The van der Waals surface area contributed by atoms with E-state index in [1.54, 1.807) is 6.92 Å². The molecule has 2 aromatic rings. The van der Waals surface area contributed by atoms with Crippen molar-refractivity contribution < 1.29 is 9.21 Å². The van der Waals surface area contributed by atoms with Crippen molar-refractivity contribution in [2.75, 3.05) is 39.3 Å². The lowest BCUT2D eigenvalue weighted by atomic mass is 10.2. The predicted molar refractivity (Wildman–Crippen MR) is 92.9 cm³/mol. The monoisotopic (exact) mass is 328 g/mol. The lowest BCUT2D eigenvalue weighted by Crippen LogP contribution is -2.44. The van der Waals surface area contributed by atoms with Crippen LogP contribution in [0, 0.1) is 6.92 Å². The minimum absolute atomic E-state index is 0.192. The number of nitrogens with one attached hydrogen (secondary N) is 2. The van der Waals surface area contributed by atoms with Crippen LogP contribution in [0.5, 0.6) is 0 Å². The Morgan fingerprint density at radius 2 is 2.04 bits per heavy atom. The van der Waals surface area contributed by atoms with Crippen LogP contribution in [-0.2, 0) is 0 Å². The first-order valence-corrected chi connectivity index (χ1v) is 8.48. The predicted octanol–water partition coefficient (Wildman–Crippen LogP) is 1.68. The summed E-state index contributed by atoms with van der Waals surface area (Å²) in [6.07, 6.45) is 0.935. The van der Waals surface area contributed by atoms with E-state index in [0.29, 0.717) is 23.9 Å². The standard InChI is InChI=1S/C18H24N4O2/c1-14-16(24-18(21-14)15-6-3-2-4-7-15)17(23)20-8-5-11-22-12-9-19-10-13-22/h2-4,6-7,19H,5,8-13H2,1H3,(H,20,23). The molecule has 0 spiro atoms. The normalized spacial score (nSPS) is 15.4. The molecular formula is C18H24N4O2. The molecule has 0 atom stereocenters. The smallest absolute Gasteiger partial charge is 0.289 e. The number of hydrogen-bond donors (Lipinski definition) is 2. The third-order valence-corrected chi connectivity index (χ3v) is 4.17. The van der Waals surface area contributed by atoms with Gasteiger partial charge in [0, 0.05) is 38.3 Å². The zero-order valence-corrected chi connectivity index (χ0v) is 14.0. The maximum Gasteiger partial charge on any atom is 0.289 e. The third kappa shape index (κ3) is 4.21. The molecule has 1 saturated heterocycles. The van der Waals surface area contributed by atoms with Crippen LogP contribution >= 0.6 is 0 Å². The molecule has 1 amide bonds. The highest BCUT2D eigenvalue weighted by atomic mass is 16.4. The quantitative estimate of drug-likeness (QED) is 0.790. The highest BCUT2D eigenvalue weighted by molar-refractivity contribution is 5.92. The second-order valence-electron chi connectivity index (χ2n) is 6.00. The zero-order valence-electron chi connectivity index (χ0n) is 14.0. The highest BCUT2D eigenvalue weighted by Crippen LogP contribution is 2.21. The summed E-state index contributed by atoms with van der Waals surface area (Å²) in [5.74, 6) is 0.595. The van der Waals surface area contributed by atoms with Crippen molar-refractivity contribution in [1.82, 2.24) is 20.5 Å². The molecule has 1 aromatic heterocycles. The Morgan fingerprint density at radius 3 is 2.79 bits per heavy atom. The summed E-state index contributed by atoms with van der Waals surface area (Å²) in [6, 6.07) is 9.61. The van der Waals surface area contributed by atoms with E-state index < -0.39 is 0 Å². The fourth-order valence-electron chi connectivity index (χ4n) is 2.83. The van der Waals surface area contributed by atoms with Gasteiger partial charge in [-0.05, 0) is 32.0 Å². The van der Waals surface area contributed by atoms with Crippen molar-refractivity contribution in [2.24, 2.45) is 0 Å². The highest BCUT2D eigenvalue weighted by Gasteiger charge is 2.18. The molecule has 6 heteroatoms. The van der Waals surface area contributed by atoms with Gasteiger partial charge in [-0.3, -0.25) is 4.79 Å². The fourth-order valence-corrected chi connectivity index (χ4v) is 2.83. The molecule has 1 aliphatic rings. The van der Waals surface area contributed by atoms with Gasteiger partial charge in [-0.15, -0.1) is 0 Å². The van der Waals surface area contributed by atoms with E-state index in [2.05, 4.69) is 20.5 Å². The summed E-state index contributed by atoms with van der Waals surface area (Å²) >= 11 is 0. The topological polar surface area (TPSA) is 70.4 Å². The average molecular weight is 328 g/mol. The molecule has 3 rings (SSSR count). The number of carbonyl (C=O) groups is 1. The zero-order chi connectivity index (χ0) is 16.8. The molecule has 128 valence electrons. The largest absolute Gasteiger partial charge is 0.431 e. The van der Waals surface area contributed by atoms with Gasteiger partial charge >= 0.3 is 0 Å². The van der Waals surface area contributed by atoms with E-state index in [0.717, 1.165) is 44.7 Å². The Hall–Kier alpha value is -2.18. The van der Waals surface area contributed by atoms with E-state index in [9.17, 15) is 4.79 Å². The van der Waals surface area contributed by atoms with E-state index >= 15 is 0 Å². The minimum atomic E-state index is -0.192. The summed E-state index contributed by atoms with van der Waals surface area (Å²) in [5, 5.41) is 6.27. The molecular weight excluding hydrogens is 304 g/mol. The third-order valence-electron chi connectivity index (χ3n) is 4.17. The van der Waals surface area contributed by atoms with Crippen LogP contribution in [0.2, 0.25) is 0 Å². The van der Waals surface area contributed by atoms with Crippen molar-refractivity contribution in [3.63, 3.8) is 0 Å². The van der Waals surface area contributed by atoms with Gasteiger partial charge in [0.05, 0.1) is 5.69 Å². The summed E-state index contributed by atoms with van der Waals surface area (Å²) in [4.78, 5) is 19.1.